The van der Waals surface area contributed by atoms with Crippen LogP contribution in [0.5, 0.6) is 11.6 Å². The summed E-state index contributed by atoms with van der Waals surface area (Å²) in [5.74, 6) is 1.82. The molecule has 2 aliphatic rings. The van der Waals surface area contributed by atoms with Gasteiger partial charge in [-0.15, -0.1) is 0 Å². The Bertz CT molecular complexity index is 1300. The maximum absolute atomic E-state index is 13.1. The third kappa shape index (κ3) is 4.87. The van der Waals surface area contributed by atoms with E-state index in [1.807, 2.05) is 30.7 Å². The highest BCUT2D eigenvalue weighted by molar-refractivity contribution is 6.05. The van der Waals surface area contributed by atoms with Crippen LogP contribution in [-0.2, 0) is 23.9 Å². The Morgan fingerprint density at radius 3 is 2.59 bits per heavy atom. The van der Waals surface area contributed by atoms with Crippen LogP contribution in [0.1, 0.15) is 37.2 Å². The summed E-state index contributed by atoms with van der Waals surface area (Å²) in [4.78, 5) is 33.9. The van der Waals surface area contributed by atoms with Gasteiger partial charge >= 0.3 is 6.18 Å². The lowest BCUT2D eigenvalue weighted by atomic mass is 9.95. The van der Waals surface area contributed by atoms with Gasteiger partial charge in [-0.3, -0.25) is 4.79 Å². The molecule has 0 aliphatic carbocycles. The molecular weight excluding hydrogens is 487 g/mol. The van der Waals surface area contributed by atoms with Crippen LogP contribution in [0.3, 0.4) is 0 Å². The fraction of sp³-hybridized carbons (Fsp3) is 0.400. The highest BCUT2D eigenvalue weighted by Gasteiger charge is 2.42. The zero-order valence-electron chi connectivity index (χ0n) is 20.6. The molecule has 0 aromatic carbocycles. The van der Waals surface area contributed by atoms with E-state index in [4.69, 9.17) is 9.72 Å². The van der Waals surface area contributed by atoms with Gasteiger partial charge in [0, 0.05) is 32.4 Å². The van der Waals surface area contributed by atoms with Crippen molar-refractivity contribution in [1.82, 2.24) is 19.9 Å². The number of ether oxygens (including phenoxy) is 1. The van der Waals surface area contributed by atoms with Crippen LogP contribution >= 0.6 is 0 Å². The van der Waals surface area contributed by atoms with Crippen LogP contribution < -0.4 is 19.9 Å². The van der Waals surface area contributed by atoms with Crippen LogP contribution in [0.2, 0.25) is 0 Å². The number of likely N-dealkylation sites (N-methyl/N-ethyl adjacent to an activating group) is 1. The number of aryl methyl sites for hydroxylation is 1. The van der Waals surface area contributed by atoms with Crippen molar-refractivity contribution < 1.29 is 22.7 Å². The molecule has 12 heteroatoms. The van der Waals surface area contributed by atoms with E-state index >= 15 is 0 Å². The molecule has 9 nitrogen and oxygen atoms in total. The largest absolute Gasteiger partial charge is 0.437 e. The SMILES string of the molecule is CC(C)[C@H]1C(=O)N2CCCc3nc(NCc4ccc(Oc5ccc(C(F)(F)F)nc5)nc4)nc(c32)N1C. The summed E-state index contributed by atoms with van der Waals surface area (Å²) < 4.78 is 43.5. The molecule has 0 bridgehead atoms. The summed E-state index contributed by atoms with van der Waals surface area (Å²) in [5, 5.41) is 3.24. The monoisotopic (exact) mass is 513 g/mol. The fourth-order valence-corrected chi connectivity index (χ4v) is 4.68. The topological polar surface area (TPSA) is 96.4 Å². The molecule has 0 spiro atoms. The van der Waals surface area contributed by atoms with Crippen molar-refractivity contribution in [3.63, 3.8) is 0 Å². The number of anilines is 3. The number of amides is 1. The van der Waals surface area contributed by atoms with Gasteiger partial charge in [-0.25, -0.2) is 15.0 Å². The number of alkyl halides is 3. The minimum atomic E-state index is -4.51. The first-order valence-electron chi connectivity index (χ1n) is 12.0. The average Bonchev–Trinajstić information content (AvgIpc) is 2.86. The smallest absolute Gasteiger partial charge is 0.433 e. The third-order valence-electron chi connectivity index (χ3n) is 6.40. The number of rotatable bonds is 6. The molecule has 0 fully saturated rings. The average molecular weight is 514 g/mol. The number of carbonyl (C=O) groups excluding carboxylic acids is 1. The molecule has 37 heavy (non-hydrogen) atoms. The normalized spacial score (nSPS) is 17.2. The minimum Gasteiger partial charge on any atom is -0.437 e. The number of nitrogens with zero attached hydrogens (tertiary/aromatic N) is 6. The fourth-order valence-electron chi connectivity index (χ4n) is 4.68. The third-order valence-corrected chi connectivity index (χ3v) is 6.40. The second-order valence-corrected chi connectivity index (χ2v) is 9.40. The maximum Gasteiger partial charge on any atom is 0.433 e. The van der Waals surface area contributed by atoms with E-state index in [2.05, 4.69) is 20.3 Å². The number of aromatic nitrogens is 4. The van der Waals surface area contributed by atoms with Gasteiger partial charge in [-0.1, -0.05) is 19.9 Å². The van der Waals surface area contributed by atoms with Gasteiger partial charge in [0.05, 0.1) is 11.9 Å². The molecule has 194 valence electrons. The first-order valence-corrected chi connectivity index (χ1v) is 12.0. The first-order chi connectivity index (χ1) is 17.6. The summed E-state index contributed by atoms with van der Waals surface area (Å²) in [7, 11) is 1.90. The maximum atomic E-state index is 13.1. The van der Waals surface area contributed by atoms with Gasteiger partial charge in [0.1, 0.15) is 23.2 Å². The number of pyridine rings is 2. The summed E-state index contributed by atoms with van der Waals surface area (Å²) in [6.07, 6.45) is -0.273. The Labute approximate surface area is 211 Å². The molecule has 0 saturated carbocycles. The van der Waals surface area contributed by atoms with Crippen molar-refractivity contribution in [3.8, 4) is 11.6 Å². The van der Waals surface area contributed by atoms with E-state index < -0.39 is 11.9 Å². The van der Waals surface area contributed by atoms with Crippen molar-refractivity contribution in [2.75, 3.05) is 28.7 Å². The first kappa shape index (κ1) is 24.7. The van der Waals surface area contributed by atoms with Gasteiger partial charge in [0.25, 0.3) is 0 Å². The highest BCUT2D eigenvalue weighted by Crippen LogP contribution is 2.41. The van der Waals surface area contributed by atoms with Gasteiger partial charge < -0.3 is 19.9 Å². The second-order valence-electron chi connectivity index (χ2n) is 9.40. The van der Waals surface area contributed by atoms with Gasteiger partial charge in [0.15, 0.2) is 5.82 Å². The summed E-state index contributed by atoms with van der Waals surface area (Å²) in [5.41, 5.74) is 1.51. The van der Waals surface area contributed by atoms with E-state index in [0.717, 1.165) is 47.9 Å². The number of carbonyl (C=O) groups is 1. The van der Waals surface area contributed by atoms with Crippen molar-refractivity contribution >= 4 is 23.4 Å². The highest BCUT2D eigenvalue weighted by atomic mass is 19.4. The van der Waals surface area contributed by atoms with Crippen LogP contribution in [0.4, 0.5) is 30.6 Å². The van der Waals surface area contributed by atoms with Crippen LogP contribution in [-0.4, -0.2) is 45.5 Å². The predicted molar refractivity (Wildman–Crippen MR) is 131 cm³/mol. The summed E-state index contributed by atoms with van der Waals surface area (Å²) in [6, 6.07) is 5.18. The van der Waals surface area contributed by atoms with Crippen LogP contribution in [0.25, 0.3) is 0 Å². The molecule has 5 rings (SSSR count). The van der Waals surface area contributed by atoms with E-state index in [1.165, 1.54) is 6.07 Å². The molecule has 5 heterocycles. The van der Waals surface area contributed by atoms with Crippen molar-refractivity contribution in [1.29, 1.82) is 0 Å². The molecule has 1 atom stereocenters. The van der Waals surface area contributed by atoms with Crippen molar-refractivity contribution in [3.05, 3.63) is 53.6 Å². The Morgan fingerprint density at radius 2 is 1.95 bits per heavy atom. The molecule has 0 unspecified atom stereocenters. The molecule has 3 aromatic rings. The standard InChI is InChI=1S/C25H26F3N7O2/c1-14(2)20-23(36)35-10-4-5-17-21(35)22(34(20)3)33-24(32-17)31-12-15-6-9-19(30-11-15)37-16-7-8-18(29-13-16)25(26,27)28/h6-9,11,13-14,20H,4-5,10,12H2,1-3H3,(H,31,32,33)/t20-/m0/s1. The lowest BCUT2D eigenvalue weighted by Crippen LogP contribution is -2.56. The van der Waals surface area contributed by atoms with Gasteiger partial charge in [0.2, 0.25) is 17.7 Å². The van der Waals surface area contributed by atoms with E-state index in [-0.39, 0.29) is 29.5 Å². The Balaban J connectivity index is 1.28. The number of halogens is 3. The number of hydrogen-bond donors (Lipinski definition) is 1. The molecule has 3 aromatic heterocycles. The Morgan fingerprint density at radius 1 is 1.14 bits per heavy atom. The number of hydrogen-bond acceptors (Lipinski definition) is 8. The van der Waals surface area contributed by atoms with Crippen LogP contribution in [0.15, 0.2) is 36.7 Å². The quantitative estimate of drug-likeness (QED) is 0.517. The number of nitrogens with one attached hydrogen (secondary N) is 1. The molecule has 0 radical (unpaired) electrons. The zero-order valence-corrected chi connectivity index (χ0v) is 20.6. The van der Waals surface area contributed by atoms with Gasteiger partial charge in [-0.2, -0.15) is 18.2 Å². The lowest BCUT2D eigenvalue weighted by Gasteiger charge is -2.44. The summed E-state index contributed by atoms with van der Waals surface area (Å²) in [6.45, 7) is 5.13. The molecule has 1 amide bonds. The van der Waals surface area contributed by atoms with Crippen molar-refractivity contribution in [2.24, 2.45) is 5.92 Å². The molecular formula is C25H26F3N7O2. The van der Waals surface area contributed by atoms with Gasteiger partial charge in [-0.05, 0) is 36.5 Å². The summed E-state index contributed by atoms with van der Waals surface area (Å²) >= 11 is 0. The van der Waals surface area contributed by atoms with Crippen LogP contribution in [0, 0.1) is 5.92 Å². The molecule has 0 saturated heterocycles. The van der Waals surface area contributed by atoms with E-state index in [9.17, 15) is 18.0 Å². The van der Waals surface area contributed by atoms with E-state index in [0.29, 0.717) is 19.0 Å². The lowest BCUT2D eigenvalue weighted by molar-refractivity contribution is -0.141. The molecule has 1 N–H and O–H groups in total. The zero-order chi connectivity index (χ0) is 26.3. The van der Waals surface area contributed by atoms with E-state index in [1.54, 1.807) is 18.3 Å². The Hall–Kier alpha value is -3.96. The Kier molecular flexibility index (Phi) is 6.34. The minimum absolute atomic E-state index is 0.0933. The molecule has 2 aliphatic heterocycles. The van der Waals surface area contributed by atoms with Crippen molar-refractivity contribution in [2.45, 2.75) is 45.5 Å². The predicted octanol–water partition coefficient (Wildman–Crippen LogP) is 4.44. The second kappa shape index (κ2) is 9.49.